The first-order valence-corrected chi connectivity index (χ1v) is 10.4. The normalized spacial score (nSPS) is 15.4. The summed E-state index contributed by atoms with van der Waals surface area (Å²) in [6.07, 6.45) is 2.02. The molecule has 0 saturated carbocycles. The number of sulfonamides is 1. The molecule has 1 aromatic rings. The summed E-state index contributed by atoms with van der Waals surface area (Å²) in [6.45, 7) is 5.44. The van der Waals surface area contributed by atoms with Crippen molar-refractivity contribution in [2.24, 2.45) is 0 Å². The zero-order valence-corrected chi connectivity index (χ0v) is 15.7. The number of nitrogens with one attached hydrogen (secondary N) is 1. The van der Waals surface area contributed by atoms with Crippen molar-refractivity contribution < 1.29 is 17.9 Å². The van der Waals surface area contributed by atoms with Crippen LogP contribution in [0.15, 0.2) is 24.3 Å². The molecule has 7 nitrogen and oxygen atoms in total. The highest BCUT2D eigenvalue weighted by Crippen LogP contribution is 2.26. The van der Waals surface area contributed by atoms with E-state index in [1.54, 1.807) is 0 Å². The molecule has 1 amide bonds. The van der Waals surface area contributed by atoms with Gasteiger partial charge in [0.2, 0.25) is 15.9 Å². The molecular weight excluding hydrogens is 342 g/mol. The number of hydrogen-bond acceptors (Lipinski definition) is 5. The summed E-state index contributed by atoms with van der Waals surface area (Å²) in [4.78, 5) is 14.5. The second kappa shape index (κ2) is 9.17. The minimum atomic E-state index is -3.29. The van der Waals surface area contributed by atoms with Crippen molar-refractivity contribution in [2.45, 2.75) is 19.8 Å². The van der Waals surface area contributed by atoms with Crippen molar-refractivity contribution in [1.29, 1.82) is 0 Å². The number of benzene rings is 1. The summed E-state index contributed by atoms with van der Waals surface area (Å²) in [7, 11) is -3.29. The standard InChI is InChI=1S/C17H27N3O4S/c1-3-9-20(25(2,22)23)10-8-17(21)18-15-6-4-5-7-16(15)19-11-13-24-14-12-19/h4-7H,3,8-14H2,1-2H3,(H,18,21). The summed E-state index contributed by atoms with van der Waals surface area (Å²) in [6, 6.07) is 7.65. The van der Waals surface area contributed by atoms with Gasteiger partial charge in [0, 0.05) is 32.6 Å². The molecule has 0 spiro atoms. The second-order valence-corrected chi connectivity index (χ2v) is 8.06. The van der Waals surface area contributed by atoms with Crippen LogP contribution in [0.3, 0.4) is 0 Å². The van der Waals surface area contributed by atoms with E-state index in [2.05, 4.69) is 10.2 Å². The van der Waals surface area contributed by atoms with Gasteiger partial charge < -0.3 is 15.0 Å². The van der Waals surface area contributed by atoms with Crippen molar-refractivity contribution in [3.8, 4) is 0 Å². The van der Waals surface area contributed by atoms with Gasteiger partial charge in [0.15, 0.2) is 0 Å². The smallest absolute Gasteiger partial charge is 0.225 e. The van der Waals surface area contributed by atoms with Gasteiger partial charge in [-0.3, -0.25) is 4.79 Å². The van der Waals surface area contributed by atoms with Gasteiger partial charge in [-0.05, 0) is 18.6 Å². The Morgan fingerprint density at radius 1 is 1.24 bits per heavy atom. The van der Waals surface area contributed by atoms with E-state index in [0.717, 1.165) is 24.5 Å². The van der Waals surface area contributed by atoms with E-state index in [1.807, 2.05) is 31.2 Å². The molecule has 0 unspecified atom stereocenters. The lowest BCUT2D eigenvalue weighted by molar-refractivity contribution is -0.116. The van der Waals surface area contributed by atoms with Crippen LogP contribution in [-0.4, -0.2) is 64.3 Å². The SMILES string of the molecule is CCCN(CCC(=O)Nc1ccccc1N1CCOCC1)S(C)(=O)=O. The second-order valence-electron chi connectivity index (χ2n) is 6.08. The average Bonchev–Trinajstić information content (AvgIpc) is 2.59. The first-order chi connectivity index (χ1) is 11.9. The Hall–Kier alpha value is -1.64. The Morgan fingerprint density at radius 3 is 2.56 bits per heavy atom. The largest absolute Gasteiger partial charge is 0.378 e. The van der Waals surface area contributed by atoms with E-state index >= 15 is 0 Å². The number of amides is 1. The lowest BCUT2D eigenvalue weighted by Gasteiger charge is -2.30. The van der Waals surface area contributed by atoms with Crippen LogP contribution >= 0.6 is 0 Å². The highest BCUT2D eigenvalue weighted by molar-refractivity contribution is 7.88. The molecule has 1 heterocycles. The number of morpholine rings is 1. The van der Waals surface area contributed by atoms with E-state index in [-0.39, 0.29) is 18.9 Å². The van der Waals surface area contributed by atoms with Crippen molar-refractivity contribution in [3.63, 3.8) is 0 Å². The van der Waals surface area contributed by atoms with E-state index in [0.29, 0.717) is 26.2 Å². The maximum Gasteiger partial charge on any atom is 0.225 e. The molecule has 2 rings (SSSR count). The van der Waals surface area contributed by atoms with E-state index < -0.39 is 10.0 Å². The number of carbonyl (C=O) groups excluding carboxylic acids is 1. The fourth-order valence-corrected chi connectivity index (χ4v) is 3.73. The zero-order chi connectivity index (χ0) is 18.3. The van der Waals surface area contributed by atoms with Gasteiger partial charge in [-0.25, -0.2) is 12.7 Å². The molecule has 1 fully saturated rings. The molecule has 1 aliphatic rings. The van der Waals surface area contributed by atoms with E-state index in [1.165, 1.54) is 10.6 Å². The molecule has 8 heteroatoms. The first-order valence-electron chi connectivity index (χ1n) is 8.58. The molecular formula is C17H27N3O4S. The molecule has 0 aliphatic carbocycles. The number of para-hydroxylation sites is 2. The van der Waals surface area contributed by atoms with Crippen LogP contribution in [0.25, 0.3) is 0 Å². The summed E-state index contributed by atoms with van der Waals surface area (Å²) in [5, 5.41) is 2.91. The van der Waals surface area contributed by atoms with E-state index in [4.69, 9.17) is 4.74 Å². The Balaban J connectivity index is 1.98. The number of carbonyl (C=O) groups is 1. The third-order valence-electron chi connectivity index (χ3n) is 4.06. The van der Waals surface area contributed by atoms with Crippen LogP contribution in [0.1, 0.15) is 19.8 Å². The zero-order valence-electron chi connectivity index (χ0n) is 14.9. The van der Waals surface area contributed by atoms with Crippen LogP contribution in [0.4, 0.5) is 11.4 Å². The minimum Gasteiger partial charge on any atom is -0.378 e. The van der Waals surface area contributed by atoms with Gasteiger partial charge in [0.1, 0.15) is 0 Å². The highest BCUT2D eigenvalue weighted by Gasteiger charge is 2.18. The van der Waals surface area contributed by atoms with Gasteiger partial charge in [0.25, 0.3) is 0 Å². The third kappa shape index (κ3) is 5.98. The number of hydrogen-bond donors (Lipinski definition) is 1. The van der Waals surface area contributed by atoms with Gasteiger partial charge in [-0.2, -0.15) is 0 Å². The van der Waals surface area contributed by atoms with Crippen LogP contribution in [0, 0.1) is 0 Å². The van der Waals surface area contributed by atoms with Crippen LogP contribution in [0.2, 0.25) is 0 Å². The Morgan fingerprint density at radius 2 is 1.92 bits per heavy atom. The van der Waals surface area contributed by atoms with Gasteiger partial charge in [0.05, 0.1) is 30.8 Å². The van der Waals surface area contributed by atoms with Crippen molar-refractivity contribution in [3.05, 3.63) is 24.3 Å². The number of anilines is 2. The predicted octanol–water partition coefficient (Wildman–Crippen LogP) is 1.52. The fourth-order valence-electron chi connectivity index (χ4n) is 2.79. The maximum absolute atomic E-state index is 12.3. The minimum absolute atomic E-state index is 0.129. The molecule has 25 heavy (non-hydrogen) atoms. The summed E-state index contributed by atoms with van der Waals surface area (Å²) in [5.41, 5.74) is 1.71. The molecule has 0 radical (unpaired) electrons. The van der Waals surface area contributed by atoms with Crippen LogP contribution < -0.4 is 10.2 Å². The third-order valence-corrected chi connectivity index (χ3v) is 5.36. The van der Waals surface area contributed by atoms with Crippen LogP contribution in [-0.2, 0) is 19.6 Å². The Kier molecular flexibility index (Phi) is 7.22. The first kappa shape index (κ1) is 19.7. The molecule has 0 atom stereocenters. The monoisotopic (exact) mass is 369 g/mol. The Labute approximate surface area is 150 Å². The summed E-state index contributed by atoms with van der Waals surface area (Å²) >= 11 is 0. The van der Waals surface area contributed by atoms with Gasteiger partial charge in [-0.15, -0.1) is 0 Å². The van der Waals surface area contributed by atoms with E-state index in [9.17, 15) is 13.2 Å². The van der Waals surface area contributed by atoms with Crippen molar-refractivity contribution in [1.82, 2.24) is 4.31 Å². The average molecular weight is 369 g/mol. The van der Waals surface area contributed by atoms with Gasteiger partial charge >= 0.3 is 0 Å². The molecule has 1 aromatic carbocycles. The topological polar surface area (TPSA) is 79.0 Å². The van der Waals surface area contributed by atoms with Gasteiger partial charge in [-0.1, -0.05) is 19.1 Å². The number of ether oxygens (including phenoxy) is 1. The van der Waals surface area contributed by atoms with Crippen LogP contribution in [0.5, 0.6) is 0 Å². The number of nitrogens with zero attached hydrogens (tertiary/aromatic N) is 2. The predicted molar refractivity (Wildman–Crippen MR) is 99.4 cm³/mol. The van der Waals surface area contributed by atoms with Crippen molar-refractivity contribution >= 4 is 27.3 Å². The summed E-state index contributed by atoms with van der Waals surface area (Å²) in [5.74, 6) is -0.189. The highest BCUT2D eigenvalue weighted by atomic mass is 32.2. The maximum atomic E-state index is 12.3. The quantitative estimate of drug-likeness (QED) is 0.752. The summed E-state index contributed by atoms with van der Waals surface area (Å²) < 4.78 is 30.2. The molecule has 1 saturated heterocycles. The molecule has 1 N–H and O–H groups in total. The number of rotatable bonds is 8. The molecule has 140 valence electrons. The molecule has 0 bridgehead atoms. The molecule has 0 aromatic heterocycles. The lowest BCUT2D eigenvalue weighted by Crippen LogP contribution is -2.37. The Bertz CT molecular complexity index is 672. The van der Waals surface area contributed by atoms with Crippen molar-refractivity contribution in [2.75, 3.05) is 55.9 Å². The lowest BCUT2D eigenvalue weighted by atomic mass is 10.2. The fraction of sp³-hybridized carbons (Fsp3) is 0.588. The molecule has 1 aliphatic heterocycles.